The van der Waals surface area contributed by atoms with Crippen molar-refractivity contribution in [2.75, 3.05) is 0 Å². The molecule has 1 aromatic heterocycles. The third kappa shape index (κ3) is 2.72. The molecule has 24 heavy (non-hydrogen) atoms. The summed E-state index contributed by atoms with van der Waals surface area (Å²) < 4.78 is 55.9. The first kappa shape index (κ1) is 17.0. The van der Waals surface area contributed by atoms with Gasteiger partial charge in [0.05, 0.1) is 10.6 Å². The number of aromatic nitrogens is 3. The van der Waals surface area contributed by atoms with Gasteiger partial charge in [-0.25, -0.2) is 17.6 Å². The Kier molecular flexibility index (Phi) is 4.42. The summed E-state index contributed by atoms with van der Waals surface area (Å²) >= 11 is 17.0. The standard InChI is InChI=1S/C14H4Cl3F4N3/c15-5-4-8(12(21)10(16)11(5)20)24-14(17)22-13(23-24)9-6(18)2-1-3-7(9)19/h1-4H. The largest absolute Gasteiger partial charge is 0.226 e. The minimum absolute atomic E-state index is 0.424. The van der Waals surface area contributed by atoms with Crippen LogP contribution in [0.25, 0.3) is 17.1 Å². The summed E-state index contributed by atoms with van der Waals surface area (Å²) in [7, 11) is 0. The predicted octanol–water partition coefficient (Wildman–Crippen LogP) is 5.45. The molecule has 0 unspecified atom stereocenters. The second-order valence-electron chi connectivity index (χ2n) is 4.53. The molecule has 0 aliphatic rings. The van der Waals surface area contributed by atoms with E-state index in [2.05, 4.69) is 10.1 Å². The Hall–Kier alpha value is -1.83. The van der Waals surface area contributed by atoms with Crippen molar-refractivity contribution in [1.29, 1.82) is 0 Å². The van der Waals surface area contributed by atoms with Gasteiger partial charge in [0.15, 0.2) is 17.5 Å². The van der Waals surface area contributed by atoms with Gasteiger partial charge in [-0.05, 0) is 29.8 Å². The summed E-state index contributed by atoms with van der Waals surface area (Å²) in [4.78, 5) is 3.69. The Morgan fingerprint density at radius 3 is 2.17 bits per heavy atom. The number of hydrogen-bond donors (Lipinski definition) is 0. The van der Waals surface area contributed by atoms with E-state index < -0.39 is 55.7 Å². The first-order valence-corrected chi connectivity index (χ1v) is 7.35. The highest BCUT2D eigenvalue weighted by Gasteiger charge is 2.23. The average molecular weight is 397 g/mol. The Labute approximate surface area is 147 Å². The van der Waals surface area contributed by atoms with E-state index in [1.165, 1.54) is 0 Å². The normalized spacial score (nSPS) is 11.1. The van der Waals surface area contributed by atoms with Crippen LogP contribution in [0.4, 0.5) is 17.6 Å². The Morgan fingerprint density at radius 2 is 1.54 bits per heavy atom. The van der Waals surface area contributed by atoms with Gasteiger partial charge in [-0.15, -0.1) is 5.10 Å². The van der Waals surface area contributed by atoms with Gasteiger partial charge < -0.3 is 0 Å². The zero-order valence-corrected chi connectivity index (χ0v) is 13.6. The number of halogens is 7. The van der Waals surface area contributed by atoms with Crippen molar-refractivity contribution in [3.8, 4) is 17.1 Å². The van der Waals surface area contributed by atoms with Gasteiger partial charge in [-0.3, -0.25) is 0 Å². The lowest BCUT2D eigenvalue weighted by atomic mass is 10.2. The molecule has 3 nitrogen and oxygen atoms in total. The molecule has 0 aliphatic heterocycles. The van der Waals surface area contributed by atoms with Crippen molar-refractivity contribution < 1.29 is 17.6 Å². The average Bonchev–Trinajstić information content (AvgIpc) is 2.90. The van der Waals surface area contributed by atoms with Crippen molar-refractivity contribution in [3.63, 3.8) is 0 Å². The van der Waals surface area contributed by atoms with Crippen LogP contribution in [-0.4, -0.2) is 14.8 Å². The highest BCUT2D eigenvalue weighted by molar-refractivity contribution is 6.35. The van der Waals surface area contributed by atoms with E-state index >= 15 is 0 Å². The smallest absolute Gasteiger partial charge is 0.206 e. The van der Waals surface area contributed by atoms with Crippen LogP contribution < -0.4 is 0 Å². The van der Waals surface area contributed by atoms with Crippen LogP contribution in [0.1, 0.15) is 0 Å². The quantitative estimate of drug-likeness (QED) is 0.328. The van der Waals surface area contributed by atoms with Crippen LogP contribution in [0.5, 0.6) is 0 Å². The molecule has 0 N–H and O–H groups in total. The third-order valence-corrected chi connectivity index (χ3v) is 3.92. The summed E-state index contributed by atoms with van der Waals surface area (Å²) in [5.41, 5.74) is -0.968. The first-order valence-electron chi connectivity index (χ1n) is 6.21. The molecule has 3 aromatic rings. The molecule has 0 radical (unpaired) electrons. The summed E-state index contributed by atoms with van der Waals surface area (Å²) in [5.74, 6) is -4.65. The topological polar surface area (TPSA) is 30.7 Å². The maximum absolute atomic E-state index is 14.2. The van der Waals surface area contributed by atoms with Gasteiger partial charge >= 0.3 is 0 Å². The molecule has 0 aliphatic carbocycles. The lowest BCUT2D eigenvalue weighted by molar-refractivity contribution is 0.574. The highest BCUT2D eigenvalue weighted by atomic mass is 35.5. The van der Waals surface area contributed by atoms with Gasteiger partial charge in [0.25, 0.3) is 0 Å². The molecule has 0 atom stereocenters. The second kappa shape index (κ2) is 6.23. The first-order chi connectivity index (χ1) is 11.3. The van der Waals surface area contributed by atoms with E-state index in [-0.39, 0.29) is 0 Å². The Bertz CT molecular complexity index is 939. The predicted molar refractivity (Wildman–Crippen MR) is 81.7 cm³/mol. The molecular weight excluding hydrogens is 393 g/mol. The highest BCUT2D eigenvalue weighted by Crippen LogP contribution is 2.32. The summed E-state index contributed by atoms with van der Waals surface area (Å²) in [5, 5.41) is 1.98. The Balaban J connectivity index is 2.22. The molecule has 0 saturated heterocycles. The summed E-state index contributed by atoms with van der Waals surface area (Å²) in [6.45, 7) is 0. The van der Waals surface area contributed by atoms with E-state index in [1.54, 1.807) is 0 Å². The second-order valence-corrected chi connectivity index (χ2v) is 5.66. The fraction of sp³-hybridized carbons (Fsp3) is 0. The van der Waals surface area contributed by atoms with Gasteiger partial charge in [-0.1, -0.05) is 29.3 Å². The number of rotatable bonds is 2. The fourth-order valence-corrected chi connectivity index (χ4v) is 2.63. The van der Waals surface area contributed by atoms with Gasteiger partial charge in [0, 0.05) is 0 Å². The van der Waals surface area contributed by atoms with Crippen LogP contribution in [0.15, 0.2) is 24.3 Å². The lowest BCUT2D eigenvalue weighted by Crippen LogP contribution is -2.03. The SMILES string of the molecule is Fc1cccc(F)c1-c1nc(Cl)n(-c2cc(Cl)c(F)c(Cl)c2F)n1. The minimum atomic E-state index is -1.20. The van der Waals surface area contributed by atoms with Crippen LogP contribution in [0.2, 0.25) is 15.3 Å². The van der Waals surface area contributed by atoms with E-state index in [0.717, 1.165) is 24.3 Å². The Morgan fingerprint density at radius 1 is 0.917 bits per heavy atom. The summed E-state index contributed by atoms with van der Waals surface area (Å²) in [6, 6.07) is 4.03. The van der Waals surface area contributed by atoms with Crippen molar-refractivity contribution in [3.05, 3.63) is 62.9 Å². The molecular formula is C14H4Cl3F4N3. The molecule has 2 aromatic carbocycles. The number of nitrogens with zero attached hydrogens (tertiary/aromatic N) is 3. The molecule has 124 valence electrons. The van der Waals surface area contributed by atoms with Crippen LogP contribution >= 0.6 is 34.8 Å². The van der Waals surface area contributed by atoms with Crippen molar-refractivity contribution in [2.45, 2.75) is 0 Å². The minimum Gasteiger partial charge on any atom is -0.206 e. The zero-order valence-electron chi connectivity index (χ0n) is 11.3. The molecule has 0 amide bonds. The van der Waals surface area contributed by atoms with E-state index in [4.69, 9.17) is 34.8 Å². The van der Waals surface area contributed by atoms with Gasteiger partial charge in [0.2, 0.25) is 5.28 Å². The van der Waals surface area contributed by atoms with E-state index in [1.807, 2.05) is 0 Å². The number of benzene rings is 2. The fourth-order valence-electron chi connectivity index (χ4n) is 1.98. The zero-order chi connectivity index (χ0) is 17.6. The monoisotopic (exact) mass is 395 g/mol. The van der Waals surface area contributed by atoms with E-state index in [9.17, 15) is 17.6 Å². The van der Waals surface area contributed by atoms with E-state index in [0.29, 0.717) is 4.68 Å². The molecule has 10 heteroatoms. The maximum Gasteiger partial charge on any atom is 0.226 e. The molecule has 3 rings (SSSR count). The van der Waals surface area contributed by atoms with Gasteiger partial charge in [-0.2, -0.15) is 9.67 Å². The van der Waals surface area contributed by atoms with Crippen molar-refractivity contribution in [1.82, 2.24) is 14.8 Å². The lowest BCUT2D eigenvalue weighted by Gasteiger charge is -2.07. The van der Waals surface area contributed by atoms with Crippen LogP contribution in [0.3, 0.4) is 0 Å². The number of hydrogen-bond acceptors (Lipinski definition) is 2. The maximum atomic E-state index is 14.2. The van der Waals surface area contributed by atoms with Crippen molar-refractivity contribution >= 4 is 34.8 Å². The molecule has 0 fully saturated rings. The molecule has 0 bridgehead atoms. The van der Waals surface area contributed by atoms with Crippen LogP contribution in [-0.2, 0) is 0 Å². The van der Waals surface area contributed by atoms with Crippen molar-refractivity contribution in [2.24, 2.45) is 0 Å². The molecule has 0 saturated carbocycles. The molecule has 1 heterocycles. The third-order valence-electron chi connectivity index (χ3n) is 3.07. The molecule has 0 spiro atoms. The van der Waals surface area contributed by atoms with Crippen LogP contribution in [0, 0.1) is 23.3 Å². The van der Waals surface area contributed by atoms with Gasteiger partial charge in [0.1, 0.15) is 22.3 Å². The summed E-state index contributed by atoms with van der Waals surface area (Å²) in [6.07, 6.45) is 0.